The number of hydrogen-bond donors (Lipinski definition) is 1. The van der Waals surface area contributed by atoms with Gasteiger partial charge in [0, 0.05) is 19.0 Å². The molecule has 28 heavy (non-hydrogen) atoms. The predicted molar refractivity (Wildman–Crippen MR) is 111 cm³/mol. The van der Waals surface area contributed by atoms with Crippen molar-refractivity contribution in [1.82, 2.24) is 10.2 Å². The number of nitrogens with one attached hydrogen (secondary N) is 1. The maximum atomic E-state index is 12.4. The molecular formula is C23H30N2O3. The number of likely N-dealkylation sites (tertiary alicyclic amines) is 1. The number of benzene rings is 2. The summed E-state index contributed by atoms with van der Waals surface area (Å²) in [7, 11) is 1.66. The standard InChI is InChI=1S/C23H30N2O3/c1-27-21-9-7-19(8-10-21)11-14-24-23(26)20-12-15-25(16-13-20)17-18-28-22-5-3-2-4-6-22/h2-10,20H,11-18H2,1H3,(H,24,26). The van der Waals surface area contributed by atoms with E-state index in [1.54, 1.807) is 7.11 Å². The van der Waals surface area contributed by atoms with Crippen LogP contribution in [0, 0.1) is 5.92 Å². The van der Waals surface area contributed by atoms with Gasteiger partial charge in [-0.1, -0.05) is 30.3 Å². The summed E-state index contributed by atoms with van der Waals surface area (Å²) in [4.78, 5) is 14.8. The van der Waals surface area contributed by atoms with Crippen molar-refractivity contribution in [1.29, 1.82) is 0 Å². The molecule has 0 aromatic heterocycles. The molecule has 5 heteroatoms. The number of carbonyl (C=O) groups excluding carboxylic acids is 1. The molecule has 5 nitrogen and oxygen atoms in total. The Morgan fingerprint density at radius 2 is 1.75 bits per heavy atom. The van der Waals surface area contributed by atoms with Crippen LogP contribution in [0.1, 0.15) is 18.4 Å². The van der Waals surface area contributed by atoms with E-state index in [-0.39, 0.29) is 11.8 Å². The Labute approximate surface area is 167 Å². The third kappa shape index (κ3) is 6.27. The van der Waals surface area contributed by atoms with Crippen LogP contribution in [0.5, 0.6) is 11.5 Å². The lowest BCUT2D eigenvalue weighted by Gasteiger charge is -2.31. The number of hydrogen-bond acceptors (Lipinski definition) is 4. The lowest BCUT2D eigenvalue weighted by molar-refractivity contribution is -0.126. The van der Waals surface area contributed by atoms with E-state index in [0.717, 1.165) is 50.4 Å². The highest BCUT2D eigenvalue weighted by atomic mass is 16.5. The molecule has 0 atom stereocenters. The number of carbonyl (C=O) groups is 1. The SMILES string of the molecule is COc1ccc(CCNC(=O)C2CCN(CCOc3ccccc3)CC2)cc1. The van der Waals surface area contributed by atoms with Gasteiger partial charge in [-0.25, -0.2) is 0 Å². The minimum Gasteiger partial charge on any atom is -0.497 e. The highest BCUT2D eigenvalue weighted by molar-refractivity contribution is 5.78. The number of piperidine rings is 1. The number of ether oxygens (including phenoxy) is 2. The minimum absolute atomic E-state index is 0.127. The summed E-state index contributed by atoms with van der Waals surface area (Å²) in [6.45, 7) is 4.17. The Hall–Kier alpha value is -2.53. The largest absolute Gasteiger partial charge is 0.497 e. The fourth-order valence-corrected chi connectivity index (χ4v) is 3.49. The average Bonchev–Trinajstić information content (AvgIpc) is 2.75. The summed E-state index contributed by atoms with van der Waals surface area (Å²) >= 11 is 0. The van der Waals surface area contributed by atoms with Crippen molar-refractivity contribution in [3.05, 3.63) is 60.2 Å². The molecule has 1 aliphatic heterocycles. The number of amides is 1. The fraction of sp³-hybridized carbons (Fsp3) is 0.435. The quantitative estimate of drug-likeness (QED) is 0.724. The van der Waals surface area contributed by atoms with Crippen molar-refractivity contribution in [2.75, 3.05) is 39.9 Å². The van der Waals surface area contributed by atoms with E-state index in [2.05, 4.69) is 10.2 Å². The predicted octanol–water partition coefficient (Wildman–Crippen LogP) is 3.14. The topological polar surface area (TPSA) is 50.8 Å². The van der Waals surface area contributed by atoms with Crippen molar-refractivity contribution < 1.29 is 14.3 Å². The first kappa shape index (κ1) is 20.2. The van der Waals surface area contributed by atoms with Crippen LogP contribution < -0.4 is 14.8 Å². The smallest absolute Gasteiger partial charge is 0.223 e. The molecule has 1 amide bonds. The lowest BCUT2D eigenvalue weighted by Crippen LogP contribution is -2.42. The van der Waals surface area contributed by atoms with Crippen LogP contribution >= 0.6 is 0 Å². The first-order chi connectivity index (χ1) is 13.7. The van der Waals surface area contributed by atoms with Crippen molar-refractivity contribution in [2.24, 2.45) is 5.92 Å². The fourth-order valence-electron chi connectivity index (χ4n) is 3.49. The zero-order chi connectivity index (χ0) is 19.6. The molecule has 3 rings (SSSR count). The van der Waals surface area contributed by atoms with E-state index in [9.17, 15) is 4.79 Å². The summed E-state index contributed by atoms with van der Waals surface area (Å²) in [6, 6.07) is 17.9. The average molecular weight is 383 g/mol. The molecule has 2 aromatic carbocycles. The van der Waals surface area contributed by atoms with Crippen LogP contribution in [0.3, 0.4) is 0 Å². The van der Waals surface area contributed by atoms with Gasteiger partial charge >= 0.3 is 0 Å². The molecule has 1 aliphatic rings. The van der Waals surface area contributed by atoms with Gasteiger partial charge in [-0.15, -0.1) is 0 Å². The Bertz CT molecular complexity index is 710. The van der Waals surface area contributed by atoms with Crippen LogP contribution in [0.15, 0.2) is 54.6 Å². The normalized spacial score (nSPS) is 15.2. The van der Waals surface area contributed by atoms with Crippen molar-refractivity contribution >= 4 is 5.91 Å². The van der Waals surface area contributed by atoms with E-state index in [1.807, 2.05) is 54.6 Å². The number of methoxy groups -OCH3 is 1. The van der Waals surface area contributed by atoms with E-state index in [4.69, 9.17) is 9.47 Å². The van der Waals surface area contributed by atoms with E-state index in [0.29, 0.717) is 13.2 Å². The van der Waals surface area contributed by atoms with Crippen LogP contribution in [-0.4, -0.2) is 50.7 Å². The first-order valence-electron chi connectivity index (χ1n) is 10.1. The molecule has 1 saturated heterocycles. The molecule has 150 valence electrons. The molecular weight excluding hydrogens is 352 g/mol. The molecule has 2 aromatic rings. The lowest BCUT2D eigenvalue weighted by atomic mass is 9.96. The summed E-state index contributed by atoms with van der Waals surface area (Å²) in [5.41, 5.74) is 1.20. The van der Waals surface area contributed by atoms with Gasteiger partial charge in [-0.3, -0.25) is 9.69 Å². The van der Waals surface area contributed by atoms with Gasteiger partial charge in [0.25, 0.3) is 0 Å². The van der Waals surface area contributed by atoms with Gasteiger partial charge in [-0.2, -0.15) is 0 Å². The zero-order valence-corrected chi connectivity index (χ0v) is 16.6. The summed E-state index contributed by atoms with van der Waals surface area (Å²) in [6.07, 6.45) is 2.67. The molecule has 0 radical (unpaired) electrons. The summed E-state index contributed by atoms with van der Waals surface area (Å²) in [5, 5.41) is 3.10. The van der Waals surface area contributed by atoms with Gasteiger partial charge in [-0.05, 0) is 62.2 Å². The second kappa shape index (κ2) is 10.7. The van der Waals surface area contributed by atoms with Crippen LogP contribution in [-0.2, 0) is 11.2 Å². The molecule has 0 saturated carbocycles. The van der Waals surface area contributed by atoms with Gasteiger partial charge in [0.05, 0.1) is 7.11 Å². The number of para-hydroxylation sites is 1. The Balaban J connectivity index is 1.30. The van der Waals surface area contributed by atoms with Crippen LogP contribution in [0.4, 0.5) is 0 Å². The van der Waals surface area contributed by atoms with Crippen molar-refractivity contribution in [2.45, 2.75) is 19.3 Å². The molecule has 0 aliphatic carbocycles. The van der Waals surface area contributed by atoms with Crippen molar-refractivity contribution in [3.8, 4) is 11.5 Å². The Morgan fingerprint density at radius 3 is 2.43 bits per heavy atom. The summed E-state index contributed by atoms with van der Waals surface area (Å²) in [5.74, 6) is 2.08. The zero-order valence-electron chi connectivity index (χ0n) is 16.6. The van der Waals surface area contributed by atoms with Crippen molar-refractivity contribution in [3.63, 3.8) is 0 Å². The third-order valence-corrected chi connectivity index (χ3v) is 5.25. The Morgan fingerprint density at radius 1 is 1.04 bits per heavy atom. The van der Waals surface area contributed by atoms with E-state index < -0.39 is 0 Å². The van der Waals surface area contributed by atoms with Crippen LogP contribution in [0.25, 0.3) is 0 Å². The second-order valence-corrected chi connectivity index (χ2v) is 7.17. The van der Waals surface area contributed by atoms with Crippen LogP contribution in [0.2, 0.25) is 0 Å². The molecule has 0 unspecified atom stereocenters. The van der Waals surface area contributed by atoms with Gasteiger partial charge in [0.1, 0.15) is 18.1 Å². The number of nitrogens with zero attached hydrogens (tertiary/aromatic N) is 1. The van der Waals surface area contributed by atoms with Gasteiger partial charge in [0.15, 0.2) is 0 Å². The van der Waals surface area contributed by atoms with E-state index in [1.165, 1.54) is 5.56 Å². The molecule has 1 fully saturated rings. The Kier molecular flexibility index (Phi) is 7.73. The maximum Gasteiger partial charge on any atom is 0.223 e. The maximum absolute atomic E-state index is 12.4. The minimum atomic E-state index is 0.127. The van der Waals surface area contributed by atoms with Gasteiger partial charge in [0.2, 0.25) is 5.91 Å². The molecule has 1 heterocycles. The van der Waals surface area contributed by atoms with E-state index >= 15 is 0 Å². The first-order valence-corrected chi connectivity index (χ1v) is 10.1. The monoisotopic (exact) mass is 382 g/mol. The highest BCUT2D eigenvalue weighted by Crippen LogP contribution is 2.18. The molecule has 0 bridgehead atoms. The summed E-state index contributed by atoms with van der Waals surface area (Å²) < 4.78 is 10.9. The van der Waals surface area contributed by atoms with Gasteiger partial charge < -0.3 is 14.8 Å². The molecule has 1 N–H and O–H groups in total. The highest BCUT2D eigenvalue weighted by Gasteiger charge is 2.24. The third-order valence-electron chi connectivity index (χ3n) is 5.25. The second-order valence-electron chi connectivity index (χ2n) is 7.17. The number of rotatable bonds is 9. The molecule has 0 spiro atoms.